The normalized spacial score (nSPS) is 12.6. The lowest BCUT2D eigenvalue weighted by Crippen LogP contribution is -2.37. The van der Waals surface area contributed by atoms with Gasteiger partial charge in [0.2, 0.25) is 5.91 Å². The van der Waals surface area contributed by atoms with Gasteiger partial charge in [-0.25, -0.2) is 0 Å². The highest BCUT2D eigenvalue weighted by atomic mass is 35.5. The zero-order valence-corrected chi connectivity index (χ0v) is 11.1. The minimum absolute atomic E-state index is 0.0114. The molecular formula is C13H15ClN2O2. The molecule has 0 spiro atoms. The second-order valence-electron chi connectivity index (χ2n) is 4.31. The van der Waals surface area contributed by atoms with Crippen molar-refractivity contribution >= 4 is 28.5 Å². The SMILES string of the molecule is CC(CCl)N(C)C(=O)Cc1noc2ccccc12. The van der Waals surface area contributed by atoms with Crippen LogP contribution in [0.2, 0.25) is 0 Å². The molecule has 1 amide bonds. The topological polar surface area (TPSA) is 46.3 Å². The van der Waals surface area contributed by atoms with Gasteiger partial charge in [-0.05, 0) is 19.1 Å². The van der Waals surface area contributed by atoms with Gasteiger partial charge in [-0.1, -0.05) is 17.3 Å². The van der Waals surface area contributed by atoms with Crippen molar-refractivity contribution in [2.45, 2.75) is 19.4 Å². The van der Waals surface area contributed by atoms with Crippen LogP contribution in [0, 0.1) is 0 Å². The molecule has 0 aliphatic heterocycles. The van der Waals surface area contributed by atoms with Crippen LogP contribution in [-0.2, 0) is 11.2 Å². The maximum atomic E-state index is 12.0. The first kappa shape index (κ1) is 12.9. The summed E-state index contributed by atoms with van der Waals surface area (Å²) in [4.78, 5) is 13.7. The summed E-state index contributed by atoms with van der Waals surface area (Å²) in [7, 11) is 1.75. The monoisotopic (exact) mass is 266 g/mol. The summed E-state index contributed by atoms with van der Waals surface area (Å²) in [5.41, 5.74) is 1.37. The standard InChI is InChI=1S/C13H15ClN2O2/c1-9(8-14)16(2)13(17)7-11-10-5-3-4-6-12(10)18-15-11/h3-6,9H,7-8H2,1-2H3. The maximum absolute atomic E-state index is 12.0. The number of alkyl halides is 1. The Bertz CT molecular complexity index is 553. The van der Waals surface area contributed by atoms with Crippen LogP contribution in [-0.4, -0.2) is 34.9 Å². The second kappa shape index (κ2) is 5.40. The summed E-state index contributed by atoms with van der Waals surface area (Å²) in [6.07, 6.45) is 0.231. The van der Waals surface area contributed by atoms with E-state index in [0.29, 0.717) is 17.2 Å². The number of carbonyl (C=O) groups excluding carboxylic acids is 1. The van der Waals surface area contributed by atoms with Gasteiger partial charge < -0.3 is 9.42 Å². The molecule has 0 bridgehead atoms. The number of rotatable bonds is 4. The molecule has 0 aliphatic rings. The third kappa shape index (κ3) is 2.48. The molecule has 2 rings (SSSR count). The molecule has 0 saturated heterocycles. The van der Waals surface area contributed by atoms with Gasteiger partial charge >= 0.3 is 0 Å². The number of para-hydroxylation sites is 1. The first-order chi connectivity index (χ1) is 8.63. The number of carbonyl (C=O) groups is 1. The average molecular weight is 267 g/mol. The Morgan fingerprint density at radius 3 is 2.94 bits per heavy atom. The van der Waals surface area contributed by atoms with Crippen molar-refractivity contribution < 1.29 is 9.32 Å². The van der Waals surface area contributed by atoms with Gasteiger partial charge in [0.25, 0.3) is 0 Å². The minimum Gasteiger partial charge on any atom is -0.356 e. The van der Waals surface area contributed by atoms with E-state index in [1.165, 1.54) is 0 Å². The maximum Gasteiger partial charge on any atom is 0.228 e. The van der Waals surface area contributed by atoms with E-state index >= 15 is 0 Å². The number of aromatic nitrogens is 1. The lowest BCUT2D eigenvalue weighted by atomic mass is 10.1. The first-order valence-corrected chi connectivity index (χ1v) is 6.32. The highest BCUT2D eigenvalue weighted by Gasteiger charge is 2.18. The molecule has 0 N–H and O–H groups in total. The number of hydrogen-bond acceptors (Lipinski definition) is 3. The fourth-order valence-corrected chi connectivity index (χ4v) is 1.89. The van der Waals surface area contributed by atoms with Gasteiger partial charge in [0.05, 0.1) is 6.42 Å². The van der Waals surface area contributed by atoms with Gasteiger partial charge in [0, 0.05) is 24.4 Å². The quantitative estimate of drug-likeness (QED) is 0.799. The highest BCUT2D eigenvalue weighted by Crippen LogP contribution is 2.18. The molecule has 96 valence electrons. The van der Waals surface area contributed by atoms with Crippen molar-refractivity contribution in [1.82, 2.24) is 10.1 Å². The second-order valence-corrected chi connectivity index (χ2v) is 4.62. The molecule has 5 heteroatoms. The lowest BCUT2D eigenvalue weighted by Gasteiger charge is -2.22. The number of fused-ring (bicyclic) bond motifs is 1. The van der Waals surface area contributed by atoms with Crippen LogP contribution in [0.1, 0.15) is 12.6 Å². The van der Waals surface area contributed by atoms with Crippen LogP contribution in [0.5, 0.6) is 0 Å². The number of benzene rings is 1. The largest absolute Gasteiger partial charge is 0.356 e. The average Bonchev–Trinajstić information content (AvgIpc) is 2.80. The number of halogens is 1. The van der Waals surface area contributed by atoms with E-state index in [1.807, 2.05) is 31.2 Å². The molecule has 0 fully saturated rings. The summed E-state index contributed by atoms with van der Waals surface area (Å²) < 4.78 is 5.17. The van der Waals surface area contributed by atoms with Crippen LogP contribution >= 0.6 is 11.6 Å². The lowest BCUT2D eigenvalue weighted by molar-refractivity contribution is -0.130. The third-order valence-electron chi connectivity index (χ3n) is 3.05. The molecule has 1 unspecified atom stereocenters. The zero-order valence-electron chi connectivity index (χ0n) is 10.4. The Kier molecular flexibility index (Phi) is 3.87. The molecule has 1 atom stereocenters. The first-order valence-electron chi connectivity index (χ1n) is 5.78. The molecule has 4 nitrogen and oxygen atoms in total. The number of likely N-dealkylation sites (N-methyl/N-ethyl adjacent to an activating group) is 1. The predicted octanol–water partition coefficient (Wildman–Crippen LogP) is 2.46. The van der Waals surface area contributed by atoms with E-state index in [-0.39, 0.29) is 18.4 Å². The van der Waals surface area contributed by atoms with Gasteiger partial charge in [0.15, 0.2) is 5.58 Å². The van der Waals surface area contributed by atoms with E-state index < -0.39 is 0 Å². The van der Waals surface area contributed by atoms with Gasteiger partial charge in [-0.2, -0.15) is 0 Å². The van der Waals surface area contributed by atoms with Gasteiger partial charge in [-0.15, -0.1) is 11.6 Å². The molecular weight excluding hydrogens is 252 g/mol. The van der Waals surface area contributed by atoms with Crippen LogP contribution in [0.15, 0.2) is 28.8 Å². The van der Waals surface area contributed by atoms with E-state index in [0.717, 1.165) is 5.39 Å². The van der Waals surface area contributed by atoms with Crippen LogP contribution in [0.4, 0.5) is 0 Å². The minimum atomic E-state index is -0.0118. The fourth-order valence-electron chi connectivity index (χ4n) is 1.68. The molecule has 0 saturated carbocycles. The molecule has 1 aromatic carbocycles. The smallest absolute Gasteiger partial charge is 0.228 e. The van der Waals surface area contributed by atoms with Crippen molar-refractivity contribution in [2.24, 2.45) is 0 Å². The van der Waals surface area contributed by atoms with E-state index in [2.05, 4.69) is 5.16 Å². The van der Waals surface area contributed by atoms with Crippen molar-refractivity contribution in [3.05, 3.63) is 30.0 Å². The van der Waals surface area contributed by atoms with Crippen LogP contribution in [0.25, 0.3) is 11.0 Å². The Balaban J connectivity index is 2.16. The van der Waals surface area contributed by atoms with Crippen LogP contribution < -0.4 is 0 Å². The zero-order chi connectivity index (χ0) is 13.1. The molecule has 2 aromatic rings. The van der Waals surface area contributed by atoms with E-state index in [4.69, 9.17) is 16.1 Å². The Morgan fingerprint density at radius 2 is 2.22 bits per heavy atom. The summed E-state index contributed by atoms with van der Waals surface area (Å²) in [5, 5.41) is 4.83. The molecule has 1 heterocycles. The number of nitrogens with zero attached hydrogens (tertiary/aromatic N) is 2. The van der Waals surface area contributed by atoms with Crippen LogP contribution in [0.3, 0.4) is 0 Å². The summed E-state index contributed by atoms with van der Waals surface area (Å²) >= 11 is 5.74. The number of hydrogen-bond donors (Lipinski definition) is 0. The van der Waals surface area contributed by atoms with Crippen molar-refractivity contribution in [1.29, 1.82) is 0 Å². The summed E-state index contributed by atoms with van der Waals surface area (Å²) in [5.74, 6) is 0.407. The fraction of sp³-hybridized carbons (Fsp3) is 0.385. The highest BCUT2D eigenvalue weighted by molar-refractivity contribution is 6.18. The third-order valence-corrected chi connectivity index (χ3v) is 3.50. The van der Waals surface area contributed by atoms with Crippen molar-refractivity contribution in [3.63, 3.8) is 0 Å². The van der Waals surface area contributed by atoms with Gasteiger partial charge in [0.1, 0.15) is 5.69 Å². The van der Waals surface area contributed by atoms with Crippen molar-refractivity contribution in [3.8, 4) is 0 Å². The Morgan fingerprint density at radius 1 is 1.50 bits per heavy atom. The predicted molar refractivity (Wildman–Crippen MR) is 70.7 cm³/mol. The molecule has 0 radical (unpaired) electrons. The van der Waals surface area contributed by atoms with Crippen molar-refractivity contribution in [2.75, 3.05) is 12.9 Å². The molecule has 0 aliphatic carbocycles. The number of amides is 1. The molecule has 18 heavy (non-hydrogen) atoms. The summed E-state index contributed by atoms with van der Waals surface area (Å²) in [6.45, 7) is 1.91. The Labute approximate surface area is 110 Å². The van der Waals surface area contributed by atoms with Gasteiger partial charge in [-0.3, -0.25) is 4.79 Å². The molecule has 1 aromatic heterocycles. The van der Waals surface area contributed by atoms with E-state index in [1.54, 1.807) is 11.9 Å². The Hall–Kier alpha value is -1.55. The van der Waals surface area contributed by atoms with E-state index in [9.17, 15) is 4.79 Å². The summed E-state index contributed by atoms with van der Waals surface area (Å²) in [6, 6.07) is 7.53.